The highest BCUT2D eigenvalue weighted by Crippen LogP contribution is 2.27. The van der Waals surface area contributed by atoms with Crippen molar-refractivity contribution in [3.63, 3.8) is 0 Å². The number of carbonyl (C=O) groups is 1. The summed E-state index contributed by atoms with van der Waals surface area (Å²) in [5.74, 6) is 0.00918. The molecule has 0 aliphatic carbocycles. The van der Waals surface area contributed by atoms with Gasteiger partial charge in [0.2, 0.25) is 15.9 Å². The quantitative estimate of drug-likeness (QED) is 0.523. The van der Waals surface area contributed by atoms with E-state index in [1.165, 1.54) is 23.3 Å². The van der Waals surface area contributed by atoms with Gasteiger partial charge in [-0.25, -0.2) is 13.1 Å². The largest absolute Gasteiger partial charge is 0.356 e. The highest BCUT2D eigenvalue weighted by molar-refractivity contribution is 7.89. The van der Waals surface area contributed by atoms with Gasteiger partial charge in [0.15, 0.2) is 0 Å². The molecule has 0 saturated heterocycles. The van der Waals surface area contributed by atoms with E-state index in [1.807, 2.05) is 36.4 Å². The second-order valence-corrected chi connectivity index (χ2v) is 8.74. The zero-order chi connectivity index (χ0) is 21.2. The van der Waals surface area contributed by atoms with E-state index in [2.05, 4.69) is 34.3 Å². The summed E-state index contributed by atoms with van der Waals surface area (Å²) in [7, 11) is -3.59. The third-order valence-corrected chi connectivity index (χ3v) is 6.33. The van der Waals surface area contributed by atoms with Crippen molar-refractivity contribution in [3.8, 4) is 0 Å². The van der Waals surface area contributed by atoms with Crippen LogP contribution < -0.4 is 10.0 Å². The molecule has 0 spiro atoms. The van der Waals surface area contributed by atoms with Crippen LogP contribution in [0.15, 0.2) is 95.9 Å². The van der Waals surface area contributed by atoms with E-state index in [9.17, 15) is 13.2 Å². The van der Waals surface area contributed by atoms with Crippen molar-refractivity contribution in [2.75, 3.05) is 13.1 Å². The van der Waals surface area contributed by atoms with Gasteiger partial charge in [0.25, 0.3) is 0 Å². The molecule has 3 aromatic carbocycles. The SMILES string of the molecule is O=C(CCNS(=O)(=O)c1ccccc1)NCCC(c1ccccc1)c1ccccc1. The van der Waals surface area contributed by atoms with Crippen molar-refractivity contribution >= 4 is 15.9 Å². The van der Waals surface area contributed by atoms with Crippen molar-refractivity contribution in [1.29, 1.82) is 0 Å². The molecular formula is C24H26N2O3S. The molecule has 156 valence electrons. The van der Waals surface area contributed by atoms with Gasteiger partial charge in [-0.3, -0.25) is 4.79 Å². The summed E-state index contributed by atoms with van der Waals surface area (Å²) in [5.41, 5.74) is 2.40. The monoisotopic (exact) mass is 422 g/mol. The van der Waals surface area contributed by atoms with Crippen LogP contribution in [-0.4, -0.2) is 27.4 Å². The van der Waals surface area contributed by atoms with Crippen LogP contribution in [0.1, 0.15) is 29.9 Å². The summed E-state index contributed by atoms with van der Waals surface area (Å²) in [5, 5.41) is 2.90. The summed E-state index contributed by atoms with van der Waals surface area (Å²) in [6.07, 6.45) is 0.850. The molecule has 1 amide bonds. The standard InChI is InChI=1S/C24H26N2O3S/c27-24(17-19-26-30(28,29)22-14-8-3-9-15-22)25-18-16-23(20-10-4-1-5-11-20)21-12-6-2-7-13-21/h1-15,23,26H,16-19H2,(H,25,27). The number of sulfonamides is 1. The Bertz CT molecular complexity index is 984. The molecular weight excluding hydrogens is 396 g/mol. The number of nitrogens with one attached hydrogen (secondary N) is 2. The smallest absolute Gasteiger partial charge is 0.240 e. The summed E-state index contributed by atoms with van der Waals surface area (Å²) in [6.45, 7) is 0.572. The lowest BCUT2D eigenvalue weighted by Crippen LogP contribution is -2.31. The second-order valence-electron chi connectivity index (χ2n) is 6.97. The molecule has 3 aromatic rings. The summed E-state index contributed by atoms with van der Waals surface area (Å²) < 4.78 is 26.8. The molecule has 0 aliphatic rings. The molecule has 0 fully saturated rings. The topological polar surface area (TPSA) is 75.3 Å². The molecule has 0 bridgehead atoms. The normalized spacial score (nSPS) is 11.4. The number of benzene rings is 3. The Hall–Kier alpha value is -2.96. The lowest BCUT2D eigenvalue weighted by Gasteiger charge is -2.18. The van der Waals surface area contributed by atoms with Gasteiger partial charge in [-0.15, -0.1) is 0 Å². The minimum atomic E-state index is -3.59. The average molecular weight is 423 g/mol. The Morgan fingerprint density at radius 3 is 1.77 bits per heavy atom. The van der Waals surface area contributed by atoms with Gasteiger partial charge in [0, 0.05) is 25.4 Å². The molecule has 0 radical (unpaired) electrons. The van der Waals surface area contributed by atoms with Crippen molar-refractivity contribution in [2.45, 2.75) is 23.7 Å². The van der Waals surface area contributed by atoms with E-state index in [0.29, 0.717) is 6.54 Å². The van der Waals surface area contributed by atoms with Gasteiger partial charge in [0.05, 0.1) is 4.90 Å². The van der Waals surface area contributed by atoms with E-state index in [-0.39, 0.29) is 29.7 Å². The fourth-order valence-corrected chi connectivity index (χ4v) is 4.38. The summed E-state index contributed by atoms with van der Waals surface area (Å²) in [4.78, 5) is 12.4. The van der Waals surface area contributed by atoms with Gasteiger partial charge >= 0.3 is 0 Å². The first kappa shape index (κ1) is 21.7. The molecule has 3 rings (SSSR count). The highest BCUT2D eigenvalue weighted by atomic mass is 32.2. The molecule has 0 heterocycles. The van der Waals surface area contributed by atoms with E-state index < -0.39 is 10.0 Å². The van der Waals surface area contributed by atoms with Gasteiger partial charge in [-0.2, -0.15) is 0 Å². The van der Waals surface area contributed by atoms with Gasteiger partial charge < -0.3 is 5.32 Å². The van der Waals surface area contributed by atoms with Crippen molar-refractivity contribution in [1.82, 2.24) is 10.0 Å². The Morgan fingerprint density at radius 2 is 1.23 bits per heavy atom. The summed E-state index contributed by atoms with van der Waals surface area (Å²) >= 11 is 0. The number of hydrogen-bond acceptors (Lipinski definition) is 3. The minimum absolute atomic E-state index is 0.0594. The summed E-state index contributed by atoms with van der Waals surface area (Å²) in [6, 6.07) is 28.6. The lowest BCUT2D eigenvalue weighted by molar-refractivity contribution is -0.120. The van der Waals surface area contributed by atoms with E-state index in [0.717, 1.165) is 6.42 Å². The maximum atomic E-state index is 12.2. The maximum Gasteiger partial charge on any atom is 0.240 e. The molecule has 0 aromatic heterocycles. The molecule has 6 heteroatoms. The second kappa shape index (κ2) is 10.7. The van der Waals surface area contributed by atoms with Crippen molar-refractivity contribution < 1.29 is 13.2 Å². The Balaban J connectivity index is 1.49. The van der Waals surface area contributed by atoms with Crippen molar-refractivity contribution in [2.24, 2.45) is 0 Å². The van der Waals surface area contributed by atoms with Crippen LogP contribution in [0.4, 0.5) is 0 Å². The molecule has 0 atom stereocenters. The number of rotatable bonds is 10. The third kappa shape index (κ3) is 6.27. The van der Waals surface area contributed by atoms with Crippen LogP contribution >= 0.6 is 0 Å². The zero-order valence-electron chi connectivity index (χ0n) is 16.7. The first-order valence-electron chi connectivity index (χ1n) is 9.97. The zero-order valence-corrected chi connectivity index (χ0v) is 17.5. The number of amides is 1. The number of carbonyl (C=O) groups excluding carboxylic acids is 1. The molecule has 2 N–H and O–H groups in total. The van der Waals surface area contributed by atoms with E-state index in [1.54, 1.807) is 18.2 Å². The molecule has 0 saturated carbocycles. The molecule has 0 unspecified atom stereocenters. The Kier molecular flexibility index (Phi) is 7.76. The molecule has 30 heavy (non-hydrogen) atoms. The molecule has 5 nitrogen and oxygen atoms in total. The first-order chi connectivity index (χ1) is 14.6. The highest BCUT2D eigenvalue weighted by Gasteiger charge is 2.15. The maximum absolute atomic E-state index is 12.2. The lowest BCUT2D eigenvalue weighted by atomic mass is 9.88. The first-order valence-corrected chi connectivity index (χ1v) is 11.5. The van der Waals surface area contributed by atoms with Crippen LogP contribution in [0, 0.1) is 0 Å². The Labute approximate surface area is 178 Å². The van der Waals surface area contributed by atoms with Gasteiger partial charge in [-0.1, -0.05) is 78.9 Å². The average Bonchev–Trinajstić information content (AvgIpc) is 2.78. The minimum Gasteiger partial charge on any atom is -0.356 e. The van der Waals surface area contributed by atoms with Gasteiger partial charge in [-0.05, 0) is 29.7 Å². The fraction of sp³-hybridized carbons (Fsp3) is 0.208. The van der Waals surface area contributed by atoms with Gasteiger partial charge in [0.1, 0.15) is 0 Å². The predicted octanol–water partition coefficient (Wildman–Crippen LogP) is 3.69. The van der Waals surface area contributed by atoms with E-state index >= 15 is 0 Å². The van der Waals surface area contributed by atoms with Crippen LogP contribution in [0.5, 0.6) is 0 Å². The predicted molar refractivity (Wildman–Crippen MR) is 119 cm³/mol. The fourth-order valence-electron chi connectivity index (χ4n) is 3.32. The Morgan fingerprint density at radius 1 is 0.733 bits per heavy atom. The van der Waals surface area contributed by atoms with E-state index in [4.69, 9.17) is 0 Å². The van der Waals surface area contributed by atoms with Crippen LogP contribution in [0.25, 0.3) is 0 Å². The third-order valence-electron chi connectivity index (χ3n) is 4.86. The van der Waals surface area contributed by atoms with Crippen LogP contribution in [0.2, 0.25) is 0 Å². The molecule has 0 aliphatic heterocycles. The number of hydrogen-bond donors (Lipinski definition) is 2. The van der Waals surface area contributed by atoms with Crippen LogP contribution in [0.3, 0.4) is 0 Å². The van der Waals surface area contributed by atoms with Crippen LogP contribution in [-0.2, 0) is 14.8 Å². The van der Waals surface area contributed by atoms with Crippen molar-refractivity contribution in [3.05, 3.63) is 102 Å².